The molecule has 3 atom stereocenters. The normalized spacial score (nSPS) is 33.9. The molecule has 1 saturated heterocycles. The summed E-state index contributed by atoms with van der Waals surface area (Å²) in [6, 6.07) is 7.25. The van der Waals surface area contributed by atoms with E-state index in [0.717, 1.165) is 18.4 Å². The van der Waals surface area contributed by atoms with Gasteiger partial charge < -0.3 is 14.9 Å². The van der Waals surface area contributed by atoms with Crippen molar-refractivity contribution in [3.05, 3.63) is 41.5 Å². The maximum atomic E-state index is 9.63. The number of rotatable bonds is 2. The molecule has 2 bridgehead atoms. The molecule has 102 valence electrons. The molecule has 0 radical (unpaired) electrons. The van der Waals surface area contributed by atoms with E-state index in [9.17, 15) is 10.2 Å². The highest BCUT2D eigenvalue weighted by atomic mass is 16.5. The predicted molar refractivity (Wildman–Crippen MR) is 72.8 cm³/mol. The van der Waals surface area contributed by atoms with Crippen LogP contribution in [0.4, 0.5) is 0 Å². The van der Waals surface area contributed by atoms with E-state index in [2.05, 4.69) is 13.0 Å². The molecule has 0 spiro atoms. The Bertz CT molecular complexity index is 491. The molecule has 1 aromatic carbocycles. The van der Waals surface area contributed by atoms with E-state index in [4.69, 9.17) is 4.74 Å². The molecule has 2 aliphatic rings. The molecule has 1 heterocycles. The van der Waals surface area contributed by atoms with Gasteiger partial charge in [-0.1, -0.05) is 23.8 Å². The van der Waals surface area contributed by atoms with E-state index in [0.29, 0.717) is 12.5 Å². The molecule has 3 heteroatoms. The van der Waals surface area contributed by atoms with Crippen LogP contribution in [0.1, 0.15) is 31.4 Å². The summed E-state index contributed by atoms with van der Waals surface area (Å²) in [5, 5.41) is 19.0. The summed E-state index contributed by atoms with van der Waals surface area (Å²) in [4.78, 5) is 0. The highest BCUT2D eigenvalue weighted by Gasteiger charge is 2.44. The summed E-state index contributed by atoms with van der Waals surface area (Å²) >= 11 is 0. The van der Waals surface area contributed by atoms with Crippen molar-refractivity contribution in [2.75, 3.05) is 13.2 Å². The SMILES string of the molecule is CC1=CC[C@@]2(CO)COC(c3ccc(O)cc3)C1C2. The number of hydrogen-bond donors (Lipinski definition) is 2. The molecule has 1 fully saturated rings. The summed E-state index contributed by atoms with van der Waals surface area (Å²) in [5.74, 6) is 0.611. The minimum atomic E-state index is -0.0857. The number of hydrogen-bond acceptors (Lipinski definition) is 3. The average molecular weight is 260 g/mol. The third-order valence-corrected chi connectivity index (χ3v) is 4.59. The van der Waals surface area contributed by atoms with Crippen molar-refractivity contribution >= 4 is 0 Å². The van der Waals surface area contributed by atoms with Crippen LogP contribution in [0, 0.1) is 11.3 Å². The van der Waals surface area contributed by atoms with E-state index >= 15 is 0 Å². The van der Waals surface area contributed by atoms with E-state index in [1.807, 2.05) is 12.1 Å². The zero-order chi connectivity index (χ0) is 13.5. The van der Waals surface area contributed by atoms with E-state index in [-0.39, 0.29) is 23.9 Å². The van der Waals surface area contributed by atoms with Crippen LogP contribution in [-0.4, -0.2) is 23.4 Å². The van der Waals surface area contributed by atoms with Crippen LogP contribution < -0.4 is 0 Å². The number of benzene rings is 1. The van der Waals surface area contributed by atoms with Crippen molar-refractivity contribution in [3.63, 3.8) is 0 Å². The monoisotopic (exact) mass is 260 g/mol. The van der Waals surface area contributed by atoms with Gasteiger partial charge in [-0.3, -0.25) is 0 Å². The number of aliphatic hydroxyl groups excluding tert-OH is 1. The molecule has 2 unspecified atom stereocenters. The van der Waals surface area contributed by atoms with E-state index in [1.54, 1.807) is 12.1 Å². The van der Waals surface area contributed by atoms with E-state index in [1.165, 1.54) is 5.57 Å². The lowest BCUT2D eigenvalue weighted by Gasteiger charge is -2.47. The molecule has 3 rings (SSSR count). The number of fused-ring (bicyclic) bond motifs is 2. The maximum Gasteiger partial charge on any atom is 0.115 e. The van der Waals surface area contributed by atoms with Crippen LogP contribution in [0.5, 0.6) is 5.75 Å². The number of allylic oxidation sites excluding steroid dienone is 1. The van der Waals surface area contributed by atoms with Crippen LogP contribution in [0.15, 0.2) is 35.9 Å². The second-order valence-electron chi connectivity index (χ2n) is 5.94. The van der Waals surface area contributed by atoms with Gasteiger partial charge in [0.05, 0.1) is 19.3 Å². The molecule has 0 saturated carbocycles. The van der Waals surface area contributed by atoms with Crippen LogP contribution in [0.3, 0.4) is 0 Å². The summed E-state index contributed by atoms with van der Waals surface area (Å²) in [6.07, 6.45) is 4.18. The maximum absolute atomic E-state index is 9.63. The minimum Gasteiger partial charge on any atom is -0.508 e. The summed E-state index contributed by atoms with van der Waals surface area (Å²) in [7, 11) is 0. The van der Waals surface area contributed by atoms with Gasteiger partial charge in [0, 0.05) is 11.3 Å². The minimum absolute atomic E-state index is 0.0387. The van der Waals surface area contributed by atoms with Crippen molar-refractivity contribution in [1.82, 2.24) is 0 Å². The number of phenolic OH excluding ortho intramolecular Hbond substituents is 1. The molecular weight excluding hydrogens is 240 g/mol. The van der Waals surface area contributed by atoms with Crippen molar-refractivity contribution in [2.24, 2.45) is 11.3 Å². The molecule has 0 amide bonds. The van der Waals surface area contributed by atoms with Gasteiger partial charge in [0.1, 0.15) is 5.75 Å². The molecular formula is C16H20O3. The lowest BCUT2D eigenvalue weighted by molar-refractivity contribution is -0.113. The number of phenols is 1. The Kier molecular flexibility index (Phi) is 3.11. The third kappa shape index (κ3) is 2.17. The summed E-state index contributed by atoms with van der Waals surface area (Å²) < 4.78 is 6.05. The summed E-state index contributed by atoms with van der Waals surface area (Å²) in [5.41, 5.74) is 2.36. The Labute approximate surface area is 113 Å². The number of ether oxygens (including phenoxy) is 1. The van der Waals surface area contributed by atoms with Gasteiger partial charge in [-0.15, -0.1) is 0 Å². The fraction of sp³-hybridized carbons (Fsp3) is 0.500. The first-order valence-electron chi connectivity index (χ1n) is 6.82. The first-order valence-corrected chi connectivity index (χ1v) is 6.82. The van der Waals surface area contributed by atoms with Crippen molar-refractivity contribution in [2.45, 2.75) is 25.9 Å². The highest BCUT2D eigenvalue weighted by Crippen LogP contribution is 2.50. The second kappa shape index (κ2) is 4.66. The fourth-order valence-electron chi connectivity index (χ4n) is 3.25. The Morgan fingerprint density at radius 1 is 1.32 bits per heavy atom. The molecule has 19 heavy (non-hydrogen) atoms. The summed E-state index contributed by atoms with van der Waals surface area (Å²) in [6.45, 7) is 2.94. The number of aromatic hydroxyl groups is 1. The number of aliphatic hydroxyl groups is 1. The van der Waals surface area contributed by atoms with Crippen LogP contribution in [0.2, 0.25) is 0 Å². The van der Waals surface area contributed by atoms with Crippen molar-refractivity contribution in [1.29, 1.82) is 0 Å². The molecule has 3 nitrogen and oxygen atoms in total. The first-order chi connectivity index (χ1) is 9.13. The molecule has 1 aromatic rings. The van der Waals surface area contributed by atoms with Crippen LogP contribution >= 0.6 is 0 Å². The second-order valence-corrected chi connectivity index (χ2v) is 5.94. The van der Waals surface area contributed by atoms with Crippen molar-refractivity contribution < 1.29 is 14.9 Å². The first kappa shape index (κ1) is 12.7. The molecule has 1 aliphatic carbocycles. The largest absolute Gasteiger partial charge is 0.508 e. The van der Waals surface area contributed by atoms with Gasteiger partial charge in [0.25, 0.3) is 0 Å². The Morgan fingerprint density at radius 3 is 2.74 bits per heavy atom. The zero-order valence-corrected chi connectivity index (χ0v) is 11.2. The topological polar surface area (TPSA) is 49.7 Å². The lowest BCUT2D eigenvalue weighted by atomic mass is 9.67. The van der Waals surface area contributed by atoms with Gasteiger partial charge >= 0.3 is 0 Å². The van der Waals surface area contributed by atoms with Gasteiger partial charge in [-0.05, 0) is 37.5 Å². The predicted octanol–water partition coefficient (Wildman–Crippen LogP) is 2.80. The van der Waals surface area contributed by atoms with Crippen LogP contribution in [-0.2, 0) is 4.74 Å². The standard InChI is InChI=1S/C16H20O3/c1-11-6-7-16(9-17)8-14(11)15(19-10-16)12-2-4-13(18)5-3-12/h2-6,14-15,17-18H,7-10H2,1H3/t14?,15?,16-/m1/s1. The smallest absolute Gasteiger partial charge is 0.115 e. The zero-order valence-electron chi connectivity index (χ0n) is 11.2. The highest BCUT2D eigenvalue weighted by molar-refractivity contribution is 5.30. The van der Waals surface area contributed by atoms with Gasteiger partial charge in [-0.25, -0.2) is 0 Å². The average Bonchev–Trinajstić information content (AvgIpc) is 2.45. The molecule has 2 N–H and O–H groups in total. The van der Waals surface area contributed by atoms with Gasteiger partial charge in [0.2, 0.25) is 0 Å². The van der Waals surface area contributed by atoms with E-state index < -0.39 is 0 Å². The molecule has 0 aromatic heterocycles. The van der Waals surface area contributed by atoms with Crippen LogP contribution in [0.25, 0.3) is 0 Å². The Morgan fingerprint density at radius 2 is 2.05 bits per heavy atom. The van der Waals surface area contributed by atoms with Crippen molar-refractivity contribution in [3.8, 4) is 5.75 Å². The Balaban J connectivity index is 1.91. The quantitative estimate of drug-likeness (QED) is 0.804. The Hall–Kier alpha value is -1.32. The van der Waals surface area contributed by atoms with Gasteiger partial charge in [0.15, 0.2) is 0 Å². The lowest BCUT2D eigenvalue weighted by Crippen LogP contribution is -2.43. The fourth-order valence-corrected chi connectivity index (χ4v) is 3.25. The van der Waals surface area contributed by atoms with Gasteiger partial charge in [-0.2, -0.15) is 0 Å². The third-order valence-electron chi connectivity index (χ3n) is 4.59. The molecule has 1 aliphatic heterocycles.